The minimum atomic E-state index is -1.23. The normalized spacial score (nSPS) is 15.9. The zero-order valence-corrected chi connectivity index (χ0v) is 32.6. The molecule has 47 heavy (non-hydrogen) atoms. The molecule has 12 heteroatoms. The van der Waals surface area contributed by atoms with Gasteiger partial charge in [-0.15, -0.1) is 0 Å². The Hall–Kier alpha value is -2.36. The monoisotopic (exact) mass is 744 g/mol. The lowest BCUT2D eigenvalue weighted by atomic mass is 9.96. The summed E-state index contributed by atoms with van der Waals surface area (Å²) < 4.78 is 45.2. The highest BCUT2D eigenvalue weighted by Gasteiger charge is 2.28. The fourth-order valence-electron chi connectivity index (χ4n) is 5.66. The van der Waals surface area contributed by atoms with E-state index in [1.54, 1.807) is 4.68 Å². The number of ether oxygens (including phenoxy) is 4. The first kappa shape index (κ1) is 35.9. The summed E-state index contributed by atoms with van der Waals surface area (Å²) in [5, 5.41) is 5.70. The minimum Gasteiger partial charge on any atom is -0.468 e. The van der Waals surface area contributed by atoms with E-state index in [0.29, 0.717) is 64.9 Å². The Kier molecular flexibility index (Phi) is 11.8. The zero-order valence-electron chi connectivity index (χ0n) is 29.0. The maximum absolute atomic E-state index is 16.9. The van der Waals surface area contributed by atoms with E-state index >= 15 is 4.39 Å². The molecule has 256 valence electrons. The number of halogens is 2. The first-order valence-electron chi connectivity index (χ1n) is 16.8. The number of imidazole rings is 1. The molecule has 0 saturated carbocycles. The number of rotatable bonds is 15. The fraction of sp³-hybridized carbons (Fsp3) is 0.543. The molecule has 5 rings (SSSR count). The lowest BCUT2D eigenvalue weighted by Crippen LogP contribution is -2.22. The maximum Gasteiger partial charge on any atom is 0.189 e. The second-order valence-corrected chi connectivity index (χ2v) is 26.9. The molecule has 1 atom stereocenters. The van der Waals surface area contributed by atoms with E-state index in [1.165, 1.54) is 0 Å². The van der Waals surface area contributed by atoms with Gasteiger partial charge >= 0.3 is 0 Å². The molecule has 2 aromatic carbocycles. The van der Waals surface area contributed by atoms with Crippen LogP contribution < -0.4 is 4.74 Å². The van der Waals surface area contributed by atoms with Crippen molar-refractivity contribution in [1.29, 1.82) is 0 Å². The number of benzene rings is 2. The molecule has 0 N–H and O–H groups in total. The third-order valence-corrected chi connectivity index (χ3v) is 12.3. The maximum atomic E-state index is 16.9. The summed E-state index contributed by atoms with van der Waals surface area (Å²) >= 11 is 3.55. The van der Waals surface area contributed by atoms with Gasteiger partial charge in [0.1, 0.15) is 28.3 Å². The van der Waals surface area contributed by atoms with Crippen LogP contribution >= 0.6 is 15.9 Å². The molecule has 0 aliphatic carbocycles. The Morgan fingerprint density at radius 1 is 0.979 bits per heavy atom. The molecular formula is C35H50BrFN4O4Si2. The lowest BCUT2D eigenvalue weighted by Gasteiger charge is -2.23. The molecule has 0 spiro atoms. The summed E-state index contributed by atoms with van der Waals surface area (Å²) in [5.74, 6) is 1.02. The molecule has 0 radical (unpaired) electrons. The smallest absolute Gasteiger partial charge is 0.189 e. The number of hydrogen-bond acceptors (Lipinski definition) is 6. The highest BCUT2D eigenvalue weighted by Crippen LogP contribution is 2.39. The van der Waals surface area contributed by atoms with E-state index in [-0.39, 0.29) is 18.8 Å². The molecule has 1 unspecified atom stereocenters. The molecular weight excluding hydrogens is 695 g/mol. The molecule has 0 amide bonds. The van der Waals surface area contributed by atoms with Crippen molar-refractivity contribution in [2.24, 2.45) is 0 Å². The van der Waals surface area contributed by atoms with Crippen molar-refractivity contribution < 1.29 is 23.3 Å². The zero-order chi connectivity index (χ0) is 33.8. The predicted octanol–water partition coefficient (Wildman–Crippen LogP) is 9.73. The third kappa shape index (κ3) is 9.21. The van der Waals surface area contributed by atoms with Crippen LogP contribution in [0.5, 0.6) is 5.75 Å². The fourth-order valence-corrected chi connectivity index (χ4v) is 7.59. The summed E-state index contributed by atoms with van der Waals surface area (Å²) in [6.07, 6.45) is 5.01. The van der Waals surface area contributed by atoms with Gasteiger partial charge in [-0.2, -0.15) is 5.10 Å². The number of nitrogens with zero attached hydrogens (tertiary/aromatic N) is 4. The van der Waals surface area contributed by atoms with Gasteiger partial charge in [0.25, 0.3) is 0 Å². The van der Waals surface area contributed by atoms with E-state index in [1.807, 2.05) is 41.1 Å². The molecule has 1 aliphatic rings. The van der Waals surface area contributed by atoms with Crippen molar-refractivity contribution in [2.75, 3.05) is 26.6 Å². The summed E-state index contributed by atoms with van der Waals surface area (Å²) in [4.78, 5) is 4.76. The van der Waals surface area contributed by atoms with Crippen molar-refractivity contribution in [3.63, 3.8) is 0 Å². The number of hydrogen-bond donors (Lipinski definition) is 0. The second-order valence-electron chi connectivity index (χ2n) is 14.8. The van der Waals surface area contributed by atoms with Gasteiger partial charge in [0.2, 0.25) is 0 Å². The van der Waals surface area contributed by atoms with Gasteiger partial charge in [-0.25, -0.2) is 14.1 Å². The van der Waals surface area contributed by atoms with E-state index in [4.69, 9.17) is 29.0 Å². The lowest BCUT2D eigenvalue weighted by molar-refractivity contribution is -0.0368. The third-order valence-electron chi connectivity index (χ3n) is 8.48. The molecule has 1 aliphatic heterocycles. The molecule has 0 bridgehead atoms. The second kappa shape index (κ2) is 15.5. The quantitative estimate of drug-likeness (QED) is 0.0686. The van der Waals surface area contributed by atoms with Gasteiger partial charge in [0.05, 0.1) is 0 Å². The summed E-state index contributed by atoms with van der Waals surface area (Å²) in [7, 11) is -2.39. The van der Waals surface area contributed by atoms with Crippen LogP contribution in [-0.4, -0.2) is 62.1 Å². The van der Waals surface area contributed by atoms with Crippen molar-refractivity contribution >= 4 is 43.0 Å². The van der Waals surface area contributed by atoms with Gasteiger partial charge in [0, 0.05) is 53.1 Å². The topological polar surface area (TPSA) is 72.6 Å². The predicted molar refractivity (Wildman–Crippen MR) is 196 cm³/mol. The van der Waals surface area contributed by atoms with Crippen LogP contribution in [-0.2, 0) is 27.4 Å². The molecule has 1 saturated heterocycles. The summed E-state index contributed by atoms with van der Waals surface area (Å²) in [6.45, 7) is 18.6. The van der Waals surface area contributed by atoms with E-state index < -0.39 is 16.1 Å². The van der Waals surface area contributed by atoms with Gasteiger partial charge in [-0.05, 0) is 83.0 Å². The minimum absolute atomic E-state index is 0.200. The Balaban J connectivity index is 1.48. The Morgan fingerprint density at radius 3 is 2.38 bits per heavy atom. The van der Waals surface area contributed by atoms with Crippen LogP contribution in [0, 0.1) is 5.82 Å². The van der Waals surface area contributed by atoms with Crippen molar-refractivity contribution in [2.45, 2.75) is 96.9 Å². The Morgan fingerprint density at radius 2 is 1.70 bits per heavy atom. The van der Waals surface area contributed by atoms with Crippen LogP contribution in [0.25, 0.3) is 33.5 Å². The molecule has 2 aromatic heterocycles. The van der Waals surface area contributed by atoms with E-state index in [2.05, 4.69) is 62.1 Å². The number of fused-ring (bicyclic) bond motifs is 1. The largest absolute Gasteiger partial charge is 0.468 e. The Labute approximate surface area is 289 Å². The van der Waals surface area contributed by atoms with E-state index in [9.17, 15) is 0 Å². The Bertz CT molecular complexity index is 1660. The van der Waals surface area contributed by atoms with Gasteiger partial charge in [-0.3, -0.25) is 0 Å². The average molecular weight is 746 g/mol. The summed E-state index contributed by atoms with van der Waals surface area (Å²) in [6, 6.07) is 11.8. The average Bonchev–Trinajstić information content (AvgIpc) is 3.59. The van der Waals surface area contributed by atoms with Crippen LogP contribution in [0.1, 0.15) is 38.0 Å². The molecule has 3 heterocycles. The van der Waals surface area contributed by atoms with Crippen LogP contribution in [0.4, 0.5) is 4.39 Å². The van der Waals surface area contributed by atoms with Crippen molar-refractivity contribution in [3.8, 4) is 28.4 Å². The first-order chi connectivity index (χ1) is 22.3. The van der Waals surface area contributed by atoms with Crippen molar-refractivity contribution in [3.05, 3.63) is 52.5 Å². The van der Waals surface area contributed by atoms with Gasteiger partial charge < -0.3 is 23.5 Å². The number of aryl methyl sites for hydroxylation is 1. The van der Waals surface area contributed by atoms with Crippen LogP contribution in [0.3, 0.4) is 0 Å². The SMILES string of the molecule is CCc1cc(OCOCC[Si](C)(C)C)ccc1-c1ccc2c(-c3nc(Br)cn3COCC[Si](C)(C)C)nn(C3CCCCO3)c2c1F. The number of aromatic nitrogens is 4. The van der Waals surface area contributed by atoms with Crippen molar-refractivity contribution in [1.82, 2.24) is 19.3 Å². The summed E-state index contributed by atoms with van der Waals surface area (Å²) in [5.41, 5.74) is 3.38. The van der Waals surface area contributed by atoms with Crippen LogP contribution in [0.2, 0.25) is 51.4 Å². The van der Waals surface area contributed by atoms with E-state index in [0.717, 1.165) is 48.9 Å². The standard InChI is InChI=1S/C35H50BrFN4O4Si2/c1-8-25-21-26(45-24-43-18-20-47(5,6)7)12-13-27(25)28-14-15-29-33(39-41(34(29)32(28)37)31-11-9-10-16-44-31)35-38-30(36)22-40(35)23-42-17-19-46(2,3)4/h12-15,21-22,31H,8-11,16-20,23-24H2,1-7H3. The molecule has 8 nitrogen and oxygen atoms in total. The molecule has 4 aromatic rings. The van der Waals surface area contributed by atoms with Gasteiger partial charge in [-0.1, -0.05) is 58.3 Å². The van der Waals surface area contributed by atoms with Gasteiger partial charge in [0.15, 0.2) is 24.7 Å². The van der Waals surface area contributed by atoms with Crippen LogP contribution in [0.15, 0.2) is 41.1 Å². The molecule has 1 fully saturated rings. The highest BCUT2D eigenvalue weighted by molar-refractivity contribution is 9.10. The first-order valence-corrected chi connectivity index (χ1v) is 25.0. The highest BCUT2D eigenvalue weighted by atomic mass is 79.9.